The molecule has 2 heterocycles. The maximum absolute atomic E-state index is 12.9. The molecule has 2 aliphatic rings. The van der Waals surface area contributed by atoms with Crippen LogP contribution in [0, 0.1) is 5.92 Å². The molecule has 0 atom stereocenters. The van der Waals surface area contributed by atoms with Crippen molar-refractivity contribution in [2.24, 2.45) is 10.9 Å². The number of sulfonamides is 1. The topological polar surface area (TPSA) is 74.2 Å². The zero-order valence-corrected chi connectivity index (χ0v) is 19.2. The Hall–Kier alpha value is -1.64. The van der Waals surface area contributed by atoms with Gasteiger partial charge >= 0.3 is 0 Å². The van der Waals surface area contributed by atoms with Crippen LogP contribution in [0.25, 0.3) is 0 Å². The minimum absolute atomic E-state index is 0.381. The van der Waals surface area contributed by atoms with Crippen molar-refractivity contribution in [1.29, 1.82) is 0 Å². The first-order chi connectivity index (χ1) is 14.5. The van der Waals surface area contributed by atoms with E-state index < -0.39 is 10.0 Å². The van der Waals surface area contributed by atoms with E-state index in [2.05, 4.69) is 15.2 Å². The number of ether oxygens (including phenoxy) is 1. The summed E-state index contributed by atoms with van der Waals surface area (Å²) in [5.41, 5.74) is 0.937. The molecule has 2 fully saturated rings. The van der Waals surface area contributed by atoms with Crippen LogP contribution in [-0.4, -0.2) is 70.5 Å². The lowest BCUT2D eigenvalue weighted by atomic mass is 9.96. The van der Waals surface area contributed by atoms with Crippen molar-refractivity contribution < 1.29 is 13.2 Å². The minimum Gasteiger partial charge on any atom is -0.381 e. The average Bonchev–Trinajstić information content (AvgIpc) is 2.79. The number of guanidine groups is 1. The van der Waals surface area contributed by atoms with E-state index in [1.807, 2.05) is 19.2 Å². The van der Waals surface area contributed by atoms with Gasteiger partial charge in [-0.3, -0.25) is 4.99 Å². The molecule has 30 heavy (non-hydrogen) atoms. The fourth-order valence-corrected chi connectivity index (χ4v) is 5.74. The van der Waals surface area contributed by atoms with Crippen LogP contribution in [0.4, 0.5) is 0 Å². The second-order valence-electron chi connectivity index (χ2n) is 8.28. The van der Waals surface area contributed by atoms with E-state index in [0.717, 1.165) is 75.7 Å². The van der Waals surface area contributed by atoms with E-state index in [1.54, 1.807) is 23.5 Å². The zero-order chi connectivity index (χ0) is 21.4. The Kier molecular flexibility index (Phi) is 8.53. The summed E-state index contributed by atoms with van der Waals surface area (Å²) < 4.78 is 32.9. The standard InChI is InChI=1S/C22H36N4O3S/c1-23-22(25(2)14-9-19-10-15-29-16-11-19)24-18-20-7-6-8-21(17-20)30(27,28)26-12-4-3-5-13-26/h6-8,17,19H,3-5,9-16,18H2,1-2H3,(H,23,24). The van der Waals surface area contributed by atoms with Crippen molar-refractivity contribution in [3.05, 3.63) is 29.8 Å². The number of aliphatic imine (C=N–C) groups is 1. The van der Waals surface area contributed by atoms with Crippen LogP contribution in [0.3, 0.4) is 0 Å². The van der Waals surface area contributed by atoms with E-state index in [-0.39, 0.29) is 0 Å². The molecule has 2 saturated heterocycles. The van der Waals surface area contributed by atoms with Gasteiger partial charge in [0.25, 0.3) is 0 Å². The second-order valence-corrected chi connectivity index (χ2v) is 10.2. The van der Waals surface area contributed by atoms with E-state index in [9.17, 15) is 8.42 Å². The van der Waals surface area contributed by atoms with Crippen LogP contribution in [0.2, 0.25) is 0 Å². The van der Waals surface area contributed by atoms with E-state index in [4.69, 9.17) is 4.74 Å². The third-order valence-corrected chi connectivity index (χ3v) is 7.98. The number of piperidine rings is 1. The Morgan fingerprint density at radius 2 is 1.97 bits per heavy atom. The van der Waals surface area contributed by atoms with E-state index in [1.165, 1.54) is 0 Å². The number of nitrogens with one attached hydrogen (secondary N) is 1. The van der Waals surface area contributed by atoms with Crippen LogP contribution in [-0.2, 0) is 21.3 Å². The van der Waals surface area contributed by atoms with Crippen molar-refractivity contribution in [3.8, 4) is 0 Å². The Balaban J connectivity index is 1.55. The van der Waals surface area contributed by atoms with Crippen molar-refractivity contribution in [3.63, 3.8) is 0 Å². The molecule has 168 valence electrons. The monoisotopic (exact) mass is 436 g/mol. The van der Waals surface area contributed by atoms with Gasteiger partial charge in [0.2, 0.25) is 10.0 Å². The number of hydrogen-bond acceptors (Lipinski definition) is 4. The molecule has 0 amide bonds. The summed E-state index contributed by atoms with van der Waals surface area (Å²) in [6.07, 6.45) is 6.39. The molecule has 0 bridgehead atoms. The minimum atomic E-state index is -3.41. The summed E-state index contributed by atoms with van der Waals surface area (Å²) in [5, 5.41) is 3.37. The Bertz CT molecular complexity index is 800. The summed E-state index contributed by atoms with van der Waals surface area (Å²) in [5.74, 6) is 1.54. The SMILES string of the molecule is CN=C(NCc1cccc(S(=O)(=O)N2CCCCC2)c1)N(C)CCC1CCOCC1. The maximum Gasteiger partial charge on any atom is 0.243 e. The van der Waals surface area contributed by atoms with Crippen molar-refractivity contribution in [2.45, 2.75) is 50.0 Å². The lowest BCUT2D eigenvalue weighted by Gasteiger charge is -2.27. The lowest BCUT2D eigenvalue weighted by Crippen LogP contribution is -2.39. The average molecular weight is 437 g/mol. The molecule has 3 rings (SSSR count). The molecule has 1 aromatic rings. The van der Waals surface area contributed by atoms with Gasteiger partial charge in [-0.25, -0.2) is 8.42 Å². The highest BCUT2D eigenvalue weighted by Crippen LogP contribution is 2.21. The largest absolute Gasteiger partial charge is 0.381 e. The normalized spacial score (nSPS) is 19.6. The van der Waals surface area contributed by atoms with Crippen LogP contribution >= 0.6 is 0 Å². The van der Waals surface area contributed by atoms with Crippen LogP contribution in [0.5, 0.6) is 0 Å². The number of nitrogens with zero attached hydrogens (tertiary/aromatic N) is 3. The van der Waals surface area contributed by atoms with Gasteiger partial charge < -0.3 is 15.0 Å². The van der Waals surface area contributed by atoms with Gasteiger partial charge in [-0.15, -0.1) is 0 Å². The van der Waals surface area contributed by atoms with Gasteiger partial charge in [-0.2, -0.15) is 4.31 Å². The molecule has 0 unspecified atom stereocenters. The first-order valence-corrected chi connectivity index (χ1v) is 12.5. The Morgan fingerprint density at radius 3 is 2.67 bits per heavy atom. The molecule has 2 aliphatic heterocycles. The Labute approximate surface area is 181 Å². The van der Waals surface area contributed by atoms with Gasteiger partial charge in [-0.05, 0) is 55.7 Å². The van der Waals surface area contributed by atoms with Gasteiger partial charge in [0.15, 0.2) is 5.96 Å². The highest BCUT2D eigenvalue weighted by atomic mass is 32.2. The number of rotatable bonds is 7. The summed E-state index contributed by atoms with van der Waals surface area (Å²) >= 11 is 0. The maximum atomic E-state index is 12.9. The molecule has 0 radical (unpaired) electrons. The van der Waals surface area contributed by atoms with Gasteiger partial charge in [-0.1, -0.05) is 18.6 Å². The molecule has 7 nitrogen and oxygen atoms in total. The predicted octanol–water partition coefficient (Wildman–Crippen LogP) is 2.69. The van der Waals surface area contributed by atoms with Crippen molar-refractivity contribution in [2.75, 3.05) is 46.9 Å². The third-order valence-electron chi connectivity index (χ3n) is 6.09. The molecule has 1 N–H and O–H groups in total. The molecule has 1 aromatic carbocycles. The smallest absolute Gasteiger partial charge is 0.243 e. The van der Waals surface area contributed by atoms with Crippen molar-refractivity contribution >= 4 is 16.0 Å². The van der Waals surface area contributed by atoms with Gasteiger partial charge in [0.05, 0.1) is 4.90 Å². The van der Waals surface area contributed by atoms with Gasteiger partial charge in [0.1, 0.15) is 0 Å². The summed E-state index contributed by atoms with van der Waals surface area (Å²) in [6, 6.07) is 7.26. The Morgan fingerprint density at radius 1 is 1.23 bits per heavy atom. The number of benzene rings is 1. The van der Waals surface area contributed by atoms with Crippen LogP contribution in [0.1, 0.15) is 44.1 Å². The summed E-state index contributed by atoms with van der Waals surface area (Å²) in [4.78, 5) is 6.92. The van der Waals surface area contributed by atoms with Crippen molar-refractivity contribution in [1.82, 2.24) is 14.5 Å². The molecule has 0 spiro atoms. The van der Waals surface area contributed by atoms with E-state index >= 15 is 0 Å². The van der Waals surface area contributed by atoms with Gasteiger partial charge in [0, 0.05) is 53.5 Å². The fraction of sp³-hybridized carbons (Fsp3) is 0.682. The molecule has 0 aliphatic carbocycles. The third kappa shape index (κ3) is 6.18. The highest BCUT2D eigenvalue weighted by Gasteiger charge is 2.26. The van der Waals surface area contributed by atoms with Crippen LogP contribution in [0.15, 0.2) is 34.2 Å². The summed E-state index contributed by atoms with van der Waals surface area (Å²) in [6.45, 7) is 4.46. The van der Waals surface area contributed by atoms with E-state index in [0.29, 0.717) is 24.5 Å². The quantitative estimate of drug-likeness (QED) is 0.525. The molecule has 0 saturated carbocycles. The molecule has 0 aromatic heterocycles. The fourth-order valence-electron chi connectivity index (χ4n) is 4.15. The van der Waals surface area contributed by atoms with Crippen LogP contribution < -0.4 is 5.32 Å². The zero-order valence-electron chi connectivity index (χ0n) is 18.3. The highest BCUT2D eigenvalue weighted by molar-refractivity contribution is 7.89. The first-order valence-electron chi connectivity index (χ1n) is 11.1. The second kappa shape index (κ2) is 11.1. The lowest BCUT2D eigenvalue weighted by molar-refractivity contribution is 0.0625. The summed E-state index contributed by atoms with van der Waals surface area (Å²) in [7, 11) is 0.418. The molecular formula is C22H36N4O3S. The first kappa shape index (κ1) is 23.0. The molecule has 8 heteroatoms. The number of hydrogen-bond donors (Lipinski definition) is 1. The molecular weight excluding hydrogens is 400 g/mol. The predicted molar refractivity (Wildman–Crippen MR) is 120 cm³/mol.